The van der Waals surface area contributed by atoms with E-state index in [9.17, 15) is 13.6 Å². The Morgan fingerprint density at radius 2 is 1.90 bits per heavy atom. The van der Waals surface area contributed by atoms with Gasteiger partial charge in [-0.25, -0.2) is 8.78 Å². The quantitative estimate of drug-likeness (QED) is 0.664. The molecule has 0 radical (unpaired) electrons. The number of amides is 1. The third-order valence-electron chi connectivity index (χ3n) is 5.89. The summed E-state index contributed by atoms with van der Waals surface area (Å²) >= 11 is 0. The van der Waals surface area contributed by atoms with Crippen molar-refractivity contribution in [1.29, 1.82) is 0 Å². The molecule has 172 valence electrons. The Kier molecular flexibility index (Phi) is 10.1. The molecule has 1 amide bonds. The molecule has 6 nitrogen and oxygen atoms in total. The molecule has 2 heterocycles. The van der Waals surface area contributed by atoms with Crippen LogP contribution in [0.15, 0.2) is 28.7 Å². The first kappa shape index (κ1) is 24.9. The van der Waals surface area contributed by atoms with Crippen molar-refractivity contribution in [2.24, 2.45) is 17.6 Å². The van der Waals surface area contributed by atoms with E-state index in [1.54, 1.807) is 0 Å². The maximum atomic E-state index is 12.8. The number of nitrogens with one attached hydrogen (secondary N) is 2. The minimum atomic E-state index is -2.34. The number of hydrogen-bond donors (Lipinski definition) is 3. The second kappa shape index (κ2) is 12.5. The number of rotatable bonds is 4. The Morgan fingerprint density at radius 3 is 2.55 bits per heavy atom. The van der Waals surface area contributed by atoms with Crippen molar-refractivity contribution >= 4 is 29.4 Å². The molecular weight excluding hydrogens is 404 g/mol. The normalized spacial score (nSPS) is 21.2. The van der Waals surface area contributed by atoms with Crippen LogP contribution in [0.5, 0.6) is 0 Å². The van der Waals surface area contributed by atoms with Crippen LogP contribution in [0, 0.1) is 18.8 Å². The van der Waals surface area contributed by atoms with Gasteiger partial charge in [0.25, 0.3) is 6.43 Å². The first-order valence-corrected chi connectivity index (χ1v) is 10.8. The number of alkyl halides is 2. The van der Waals surface area contributed by atoms with E-state index in [0.29, 0.717) is 11.8 Å². The summed E-state index contributed by atoms with van der Waals surface area (Å²) < 4.78 is 26.9. The predicted octanol–water partition coefficient (Wildman–Crippen LogP) is 4.26. The molecule has 2 aliphatic rings. The molecule has 1 saturated carbocycles. The zero-order valence-corrected chi connectivity index (χ0v) is 18.0. The highest BCUT2D eigenvalue weighted by Gasteiger charge is 2.38. The van der Waals surface area contributed by atoms with Gasteiger partial charge in [0.2, 0.25) is 5.91 Å². The van der Waals surface area contributed by atoms with Gasteiger partial charge in [0.1, 0.15) is 18.1 Å². The summed E-state index contributed by atoms with van der Waals surface area (Å²) in [6.45, 7) is 4.37. The molecule has 2 unspecified atom stereocenters. The fourth-order valence-corrected chi connectivity index (χ4v) is 4.55. The van der Waals surface area contributed by atoms with E-state index < -0.39 is 13.0 Å². The minimum Gasteiger partial charge on any atom is -0.461 e. The Labute approximate surface area is 181 Å². The number of benzene rings is 1. The number of aryl methyl sites for hydroxylation is 1. The summed E-state index contributed by atoms with van der Waals surface area (Å²) in [5.41, 5.74) is 6.14. The highest BCUT2D eigenvalue weighted by atomic mass is 19.3. The summed E-state index contributed by atoms with van der Waals surface area (Å²) in [7, 11) is 0. The van der Waals surface area contributed by atoms with Crippen LogP contribution in [0.25, 0.3) is 11.0 Å². The number of halogens is 2. The highest BCUT2D eigenvalue weighted by Crippen LogP contribution is 2.36. The lowest BCUT2D eigenvalue weighted by atomic mass is 9.76. The maximum absolute atomic E-state index is 12.8. The van der Waals surface area contributed by atoms with Crippen molar-refractivity contribution in [3.8, 4) is 0 Å². The molecule has 2 fully saturated rings. The standard InChI is InChI=1S/C20H26N2O2.C2H5F2N.CH2O/c1-13-11-15-12-16(7-8-18(15)24-13)22-20(23)19-17(9-10-21-19)14-5-3-2-4-6-14;3-2(4)1-5;1-2/h7-8,11-12,14,17,19,21H,2-6,9-10H2,1H3,(H,22,23);2H,1,5H2;1H2. The van der Waals surface area contributed by atoms with Gasteiger partial charge in [-0.15, -0.1) is 0 Å². The lowest BCUT2D eigenvalue weighted by Crippen LogP contribution is -2.42. The van der Waals surface area contributed by atoms with Gasteiger partial charge in [-0.1, -0.05) is 32.1 Å². The third kappa shape index (κ3) is 7.11. The summed E-state index contributed by atoms with van der Waals surface area (Å²) in [6, 6.07) is 7.81. The van der Waals surface area contributed by atoms with Crippen molar-refractivity contribution in [2.45, 2.75) is 57.9 Å². The predicted molar refractivity (Wildman–Crippen MR) is 118 cm³/mol. The first-order chi connectivity index (χ1) is 15.0. The van der Waals surface area contributed by atoms with Crippen LogP contribution in [0.1, 0.15) is 44.3 Å². The molecule has 0 bridgehead atoms. The molecule has 0 spiro atoms. The van der Waals surface area contributed by atoms with E-state index in [4.69, 9.17) is 9.21 Å². The van der Waals surface area contributed by atoms with Crippen LogP contribution in [-0.4, -0.2) is 38.3 Å². The molecule has 1 saturated heterocycles. The molecule has 1 aliphatic heterocycles. The van der Waals surface area contributed by atoms with Crippen LogP contribution in [0.3, 0.4) is 0 Å². The number of carbonyl (C=O) groups excluding carboxylic acids is 2. The molecule has 1 aromatic carbocycles. The van der Waals surface area contributed by atoms with Gasteiger partial charge in [0.05, 0.1) is 12.6 Å². The largest absolute Gasteiger partial charge is 0.461 e. The van der Waals surface area contributed by atoms with Crippen molar-refractivity contribution in [1.82, 2.24) is 5.32 Å². The zero-order valence-electron chi connectivity index (χ0n) is 18.0. The van der Waals surface area contributed by atoms with E-state index in [0.717, 1.165) is 35.4 Å². The average Bonchev–Trinajstić information content (AvgIpc) is 3.42. The molecule has 1 aromatic heterocycles. The van der Waals surface area contributed by atoms with Gasteiger partial charge >= 0.3 is 0 Å². The number of furan rings is 1. The first-order valence-electron chi connectivity index (χ1n) is 10.8. The third-order valence-corrected chi connectivity index (χ3v) is 5.89. The summed E-state index contributed by atoms with van der Waals surface area (Å²) in [4.78, 5) is 20.8. The highest BCUT2D eigenvalue weighted by molar-refractivity contribution is 5.97. The van der Waals surface area contributed by atoms with E-state index in [2.05, 4.69) is 16.4 Å². The Morgan fingerprint density at radius 1 is 1.23 bits per heavy atom. The number of carbonyl (C=O) groups is 2. The molecule has 8 heteroatoms. The van der Waals surface area contributed by atoms with Gasteiger partial charge < -0.3 is 25.6 Å². The smallest absolute Gasteiger partial charge is 0.250 e. The minimum absolute atomic E-state index is 0.0464. The second-order valence-electron chi connectivity index (χ2n) is 8.01. The molecule has 31 heavy (non-hydrogen) atoms. The molecule has 2 atom stereocenters. The Balaban J connectivity index is 0.000000432. The van der Waals surface area contributed by atoms with Crippen molar-refractivity contribution in [2.75, 3.05) is 18.4 Å². The van der Waals surface area contributed by atoms with Crippen molar-refractivity contribution in [3.05, 3.63) is 30.0 Å². The fourth-order valence-electron chi connectivity index (χ4n) is 4.55. The van der Waals surface area contributed by atoms with Crippen LogP contribution in [-0.2, 0) is 9.59 Å². The van der Waals surface area contributed by atoms with Gasteiger partial charge in [0, 0.05) is 11.1 Å². The molecule has 1 aliphatic carbocycles. The maximum Gasteiger partial charge on any atom is 0.250 e. The molecular formula is C23H33F2N3O3. The molecule has 4 rings (SSSR count). The van der Waals surface area contributed by atoms with Gasteiger partial charge in [-0.2, -0.15) is 0 Å². The SMILES string of the molecule is C=O.Cc1cc2cc(NC(=O)C3NCCC3C3CCCCC3)ccc2o1.NCC(F)F. The van der Waals surface area contributed by atoms with Crippen LogP contribution in [0.2, 0.25) is 0 Å². The summed E-state index contributed by atoms with van der Waals surface area (Å²) in [5, 5.41) is 7.58. The number of anilines is 1. The van der Waals surface area contributed by atoms with E-state index in [-0.39, 0.29) is 11.9 Å². The van der Waals surface area contributed by atoms with Gasteiger partial charge in [0.15, 0.2) is 0 Å². The molecule has 2 aromatic rings. The second-order valence-corrected chi connectivity index (χ2v) is 8.01. The fraction of sp³-hybridized carbons (Fsp3) is 0.565. The number of fused-ring (bicyclic) bond motifs is 1. The zero-order chi connectivity index (χ0) is 22.8. The van der Waals surface area contributed by atoms with Crippen LogP contribution in [0.4, 0.5) is 14.5 Å². The lowest BCUT2D eigenvalue weighted by Gasteiger charge is -2.30. The van der Waals surface area contributed by atoms with Gasteiger partial charge in [-0.05, 0) is 56.0 Å². The average molecular weight is 438 g/mol. The van der Waals surface area contributed by atoms with E-state index in [1.807, 2.05) is 38.0 Å². The van der Waals surface area contributed by atoms with Gasteiger partial charge in [-0.3, -0.25) is 4.79 Å². The Hall–Kier alpha value is -2.32. The van der Waals surface area contributed by atoms with Crippen LogP contribution < -0.4 is 16.4 Å². The monoisotopic (exact) mass is 437 g/mol. The number of nitrogens with two attached hydrogens (primary N) is 1. The van der Waals surface area contributed by atoms with E-state index in [1.165, 1.54) is 32.1 Å². The van der Waals surface area contributed by atoms with Crippen molar-refractivity contribution in [3.63, 3.8) is 0 Å². The topological polar surface area (TPSA) is 97.4 Å². The molecule has 4 N–H and O–H groups in total. The summed E-state index contributed by atoms with van der Waals surface area (Å²) in [5.74, 6) is 2.21. The lowest BCUT2D eigenvalue weighted by molar-refractivity contribution is -0.119. The van der Waals surface area contributed by atoms with Crippen molar-refractivity contribution < 1.29 is 22.8 Å². The van der Waals surface area contributed by atoms with E-state index >= 15 is 0 Å². The summed E-state index contributed by atoms with van der Waals surface area (Å²) in [6.07, 6.45) is 5.38. The van der Waals surface area contributed by atoms with Crippen LogP contribution >= 0.6 is 0 Å². The Bertz CT molecular complexity index is 821. The number of hydrogen-bond acceptors (Lipinski definition) is 5.